The summed E-state index contributed by atoms with van der Waals surface area (Å²) in [6, 6.07) is 8.05. The van der Waals surface area contributed by atoms with Gasteiger partial charge in [-0.1, -0.05) is 23.2 Å². The number of rotatable bonds is 3. The zero-order valence-electron chi connectivity index (χ0n) is 10.8. The van der Waals surface area contributed by atoms with Crippen LogP contribution in [0.1, 0.15) is 15.9 Å². The van der Waals surface area contributed by atoms with E-state index in [1.807, 2.05) is 0 Å². The number of nitrogens with zero attached hydrogens (tertiary/aromatic N) is 1. The van der Waals surface area contributed by atoms with E-state index in [4.69, 9.17) is 27.9 Å². The molecule has 21 heavy (non-hydrogen) atoms. The summed E-state index contributed by atoms with van der Waals surface area (Å²) in [5, 5.41) is 11.3. The second-order valence-electron chi connectivity index (χ2n) is 4.21. The van der Waals surface area contributed by atoms with Crippen LogP contribution in [0.15, 0.2) is 36.4 Å². The highest BCUT2D eigenvalue weighted by Gasteiger charge is 2.13. The maximum atomic E-state index is 11.9. The molecule has 0 N–H and O–H groups in total. The highest BCUT2D eigenvalue weighted by molar-refractivity contribution is 6.36. The SMILES string of the molecule is Cc1c(Cl)cc(OC(=O)c2ccc([N+](=O)[O-])cc2)cc1Cl. The van der Waals surface area contributed by atoms with Gasteiger partial charge in [0.2, 0.25) is 0 Å². The fraction of sp³-hybridized carbons (Fsp3) is 0.0714. The Balaban J connectivity index is 2.20. The van der Waals surface area contributed by atoms with Crippen LogP contribution >= 0.6 is 23.2 Å². The molecule has 0 atom stereocenters. The summed E-state index contributed by atoms with van der Waals surface area (Å²) in [4.78, 5) is 21.9. The monoisotopic (exact) mass is 325 g/mol. The van der Waals surface area contributed by atoms with Crippen molar-refractivity contribution in [2.45, 2.75) is 6.92 Å². The number of carbonyl (C=O) groups is 1. The van der Waals surface area contributed by atoms with E-state index >= 15 is 0 Å². The molecule has 0 heterocycles. The third kappa shape index (κ3) is 3.51. The van der Waals surface area contributed by atoms with Gasteiger partial charge in [0, 0.05) is 22.2 Å². The lowest BCUT2D eigenvalue weighted by molar-refractivity contribution is -0.384. The number of esters is 1. The molecule has 0 fully saturated rings. The van der Waals surface area contributed by atoms with E-state index in [-0.39, 0.29) is 17.0 Å². The van der Waals surface area contributed by atoms with Gasteiger partial charge in [-0.3, -0.25) is 10.1 Å². The molecule has 0 radical (unpaired) electrons. The van der Waals surface area contributed by atoms with Gasteiger partial charge in [-0.15, -0.1) is 0 Å². The van der Waals surface area contributed by atoms with Crippen molar-refractivity contribution >= 4 is 34.9 Å². The van der Waals surface area contributed by atoms with E-state index in [0.717, 1.165) is 0 Å². The summed E-state index contributed by atoms with van der Waals surface area (Å²) in [6.07, 6.45) is 0. The summed E-state index contributed by atoms with van der Waals surface area (Å²) in [5.74, 6) is -0.445. The molecule has 0 amide bonds. The van der Waals surface area contributed by atoms with Crippen LogP contribution < -0.4 is 4.74 Å². The summed E-state index contributed by atoms with van der Waals surface area (Å²) >= 11 is 11.9. The molecule has 0 saturated carbocycles. The molecule has 0 aliphatic rings. The van der Waals surface area contributed by atoms with Crippen molar-refractivity contribution in [2.75, 3.05) is 0 Å². The minimum Gasteiger partial charge on any atom is -0.423 e. The quantitative estimate of drug-likeness (QED) is 0.362. The van der Waals surface area contributed by atoms with Crippen LogP contribution in [0.5, 0.6) is 5.75 Å². The summed E-state index contributed by atoms with van der Waals surface area (Å²) in [6.45, 7) is 1.74. The minimum absolute atomic E-state index is 0.104. The topological polar surface area (TPSA) is 69.4 Å². The Morgan fingerprint density at radius 2 is 1.67 bits per heavy atom. The van der Waals surface area contributed by atoms with Gasteiger partial charge in [0.1, 0.15) is 5.75 Å². The highest BCUT2D eigenvalue weighted by atomic mass is 35.5. The average Bonchev–Trinajstić information content (AvgIpc) is 2.44. The maximum Gasteiger partial charge on any atom is 0.343 e. The third-order valence-corrected chi connectivity index (χ3v) is 3.56. The number of hydrogen-bond donors (Lipinski definition) is 0. The molecule has 0 aliphatic carbocycles. The molecule has 0 bridgehead atoms. The lowest BCUT2D eigenvalue weighted by Crippen LogP contribution is -2.08. The summed E-state index contributed by atoms with van der Waals surface area (Å²) in [5.41, 5.74) is 0.773. The predicted octanol–water partition coefficient (Wildman–Crippen LogP) is 4.43. The fourth-order valence-electron chi connectivity index (χ4n) is 1.57. The Labute approximate surface area is 130 Å². The molecular weight excluding hydrogens is 317 g/mol. The zero-order valence-corrected chi connectivity index (χ0v) is 12.3. The first-order chi connectivity index (χ1) is 9.88. The number of carbonyl (C=O) groups excluding carboxylic acids is 1. The first-order valence-electron chi connectivity index (χ1n) is 5.81. The van der Waals surface area contributed by atoms with Crippen molar-refractivity contribution in [3.63, 3.8) is 0 Å². The van der Waals surface area contributed by atoms with Gasteiger partial charge in [-0.2, -0.15) is 0 Å². The van der Waals surface area contributed by atoms with Crippen LogP contribution in [0.2, 0.25) is 10.0 Å². The number of hydrogen-bond acceptors (Lipinski definition) is 4. The summed E-state index contributed by atoms with van der Waals surface area (Å²) in [7, 11) is 0. The second kappa shape index (κ2) is 6.11. The number of non-ortho nitro benzene ring substituents is 1. The van der Waals surface area contributed by atoms with E-state index in [9.17, 15) is 14.9 Å². The molecular formula is C14H9Cl2NO4. The molecule has 0 aliphatic heterocycles. The standard InChI is InChI=1S/C14H9Cl2NO4/c1-8-12(15)6-11(7-13(8)16)21-14(18)9-2-4-10(5-3-9)17(19)20/h2-7H,1H3. The highest BCUT2D eigenvalue weighted by Crippen LogP contribution is 2.29. The molecule has 5 nitrogen and oxygen atoms in total. The van der Waals surface area contributed by atoms with E-state index in [2.05, 4.69) is 0 Å². The molecule has 0 unspecified atom stereocenters. The van der Waals surface area contributed by atoms with E-state index < -0.39 is 10.9 Å². The minimum atomic E-state index is -0.652. The maximum absolute atomic E-state index is 11.9. The predicted molar refractivity (Wildman–Crippen MR) is 79.3 cm³/mol. The average molecular weight is 326 g/mol. The number of nitro groups is 1. The van der Waals surface area contributed by atoms with Crippen LogP contribution in [0.25, 0.3) is 0 Å². The van der Waals surface area contributed by atoms with Gasteiger partial charge < -0.3 is 4.74 Å². The molecule has 0 spiro atoms. The molecule has 108 valence electrons. The summed E-state index contributed by atoms with van der Waals surface area (Å²) < 4.78 is 5.14. The molecule has 0 aromatic heterocycles. The van der Waals surface area contributed by atoms with Crippen molar-refractivity contribution in [3.05, 3.63) is 67.7 Å². The van der Waals surface area contributed by atoms with Crippen molar-refractivity contribution in [1.29, 1.82) is 0 Å². The molecule has 2 aromatic carbocycles. The number of benzene rings is 2. The molecule has 0 saturated heterocycles. The number of halogens is 2. The second-order valence-corrected chi connectivity index (χ2v) is 5.02. The molecule has 7 heteroatoms. The van der Waals surface area contributed by atoms with Crippen LogP contribution in [0, 0.1) is 17.0 Å². The van der Waals surface area contributed by atoms with Crippen LogP contribution in [-0.4, -0.2) is 10.9 Å². The first kappa shape index (κ1) is 15.3. The Morgan fingerprint density at radius 3 is 2.14 bits per heavy atom. The fourth-order valence-corrected chi connectivity index (χ4v) is 2.03. The lowest BCUT2D eigenvalue weighted by atomic mass is 10.2. The van der Waals surface area contributed by atoms with Crippen molar-refractivity contribution < 1.29 is 14.5 Å². The Hall–Kier alpha value is -2.11. The van der Waals surface area contributed by atoms with Crippen molar-refractivity contribution in [1.82, 2.24) is 0 Å². The normalized spacial score (nSPS) is 10.2. The zero-order chi connectivity index (χ0) is 15.6. The Kier molecular flexibility index (Phi) is 4.45. The van der Waals surface area contributed by atoms with Gasteiger partial charge in [-0.05, 0) is 36.8 Å². The van der Waals surface area contributed by atoms with Crippen LogP contribution in [-0.2, 0) is 0 Å². The molecule has 2 aromatic rings. The van der Waals surface area contributed by atoms with Gasteiger partial charge in [0.25, 0.3) is 5.69 Å². The van der Waals surface area contributed by atoms with Gasteiger partial charge in [0.15, 0.2) is 0 Å². The van der Waals surface area contributed by atoms with E-state index in [1.165, 1.54) is 36.4 Å². The smallest absolute Gasteiger partial charge is 0.343 e. The van der Waals surface area contributed by atoms with Gasteiger partial charge in [0.05, 0.1) is 10.5 Å². The van der Waals surface area contributed by atoms with Gasteiger partial charge >= 0.3 is 5.97 Å². The van der Waals surface area contributed by atoms with E-state index in [1.54, 1.807) is 6.92 Å². The van der Waals surface area contributed by atoms with Gasteiger partial charge in [-0.25, -0.2) is 4.79 Å². The first-order valence-corrected chi connectivity index (χ1v) is 6.56. The third-order valence-electron chi connectivity index (χ3n) is 2.78. The van der Waals surface area contributed by atoms with E-state index in [0.29, 0.717) is 15.6 Å². The lowest BCUT2D eigenvalue weighted by Gasteiger charge is -2.07. The largest absolute Gasteiger partial charge is 0.423 e. The van der Waals surface area contributed by atoms with Crippen LogP contribution in [0.3, 0.4) is 0 Å². The van der Waals surface area contributed by atoms with Crippen LogP contribution in [0.4, 0.5) is 5.69 Å². The van der Waals surface area contributed by atoms with Crippen molar-refractivity contribution in [3.8, 4) is 5.75 Å². The number of ether oxygens (including phenoxy) is 1. The Morgan fingerprint density at radius 1 is 1.14 bits per heavy atom. The number of nitro benzene ring substituents is 1. The molecule has 2 rings (SSSR count). The Bertz CT molecular complexity index is 690. The van der Waals surface area contributed by atoms with Crippen molar-refractivity contribution in [2.24, 2.45) is 0 Å².